The maximum Gasteiger partial charge on any atom is 0.333 e. The molecule has 0 fully saturated rings. The second-order valence-electron chi connectivity index (χ2n) is 9.14. The molecule has 2 atom stereocenters. The summed E-state index contributed by atoms with van der Waals surface area (Å²) in [6.45, 7) is 6.11. The fraction of sp³-hybridized carbons (Fsp3) is 0.250. The summed E-state index contributed by atoms with van der Waals surface area (Å²) in [5, 5.41) is 10.1. The van der Waals surface area contributed by atoms with Crippen molar-refractivity contribution in [3.63, 3.8) is 0 Å². The summed E-state index contributed by atoms with van der Waals surface area (Å²) >= 11 is 3.46. The van der Waals surface area contributed by atoms with E-state index in [1.807, 2.05) is 37.3 Å². The van der Waals surface area contributed by atoms with Gasteiger partial charge >= 0.3 is 5.97 Å². The lowest BCUT2D eigenvalue weighted by atomic mass is 9.89. The van der Waals surface area contributed by atoms with Crippen molar-refractivity contribution in [3.8, 4) is 0 Å². The maximum atomic E-state index is 14.2. The number of aliphatic carboxylic acids is 1. The molecule has 0 aliphatic carbocycles. The third kappa shape index (κ3) is 5.13. The highest BCUT2D eigenvalue weighted by Crippen LogP contribution is 2.46. The highest BCUT2D eigenvalue weighted by atomic mass is 79.9. The van der Waals surface area contributed by atoms with Gasteiger partial charge in [-0.15, -0.1) is 0 Å². The summed E-state index contributed by atoms with van der Waals surface area (Å²) in [5.41, 5.74) is 3.56. The average molecular weight is 555 g/mol. The molecule has 0 unspecified atom stereocenters. The first-order valence-electron chi connectivity index (χ1n) is 11.5. The highest BCUT2D eigenvalue weighted by Gasteiger charge is 2.44. The van der Waals surface area contributed by atoms with E-state index < -0.39 is 28.1 Å². The van der Waals surface area contributed by atoms with Crippen LogP contribution in [-0.2, 0) is 14.8 Å². The lowest BCUT2D eigenvalue weighted by molar-refractivity contribution is -0.133. The van der Waals surface area contributed by atoms with E-state index in [9.17, 15) is 18.3 Å². The molecule has 0 saturated heterocycles. The van der Waals surface area contributed by atoms with Crippen LogP contribution in [0.15, 0.2) is 93.8 Å². The van der Waals surface area contributed by atoms with Crippen molar-refractivity contribution < 1.29 is 18.3 Å². The molecule has 4 rings (SSSR count). The van der Waals surface area contributed by atoms with Gasteiger partial charge in [0, 0.05) is 4.47 Å². The van der Waals surface area contributed by atoms with E-state index in [0.717, 1.165) is 21.2 Å². The number of hydrogen-bond acceptors (Lipinski definition) is 3. The number of carboxylic acids is 1. The lowest BCUT2D eigenvalue weighted by Gasteiger charge is -2.40. The van der Waals surface area contributed by atoms with E-state index in [2.05, 4.69) is 29.8 Å². The van der Waals surface area contributed by atoms with Crippen molar-refractivity contribution >= 4 is 31.9 Å². The Morgan fingerprint density at radius 3 is 2.23 bits per heavy atom. The standard InChI is InChI=1S/C28H28BrNO4S/c1-18(2)20-9-11-21(12-10-20)26-16-15-25(28(31)32)27(22-5-4-6-23(29)17-22)30(26)35(33,34)24-13-7-19(3)8-14-24/h4-15,17-18,26-27H,16H2,1-3H3,(H,31,32)/t26-,27-/m0/s1. The van der Waals surface area contributed by atoms with Crippen molar-refractivity contribution in [2.24, 2.45) is 0 Å². The predicted octanol–water partition coefficient (Wildman–Crippen LogP) is 6.77. The van der Waals surface area contributed by atoms with Crippen molar-refractivity contribution in [1.82, 2.24) is 4.31 Å². The van der Waals surface area contributed by atoms with Gasteiger partial charge in [-0.1, -0.05) is 89.9 Å². The average Bonchev–Trinajstić information content (AvgIpc) is 2.83. The van der Waals surface area contributed by atoms with Gasteiger partial charge in [0.1, 0.15) is 0 Å². The normalized spacial score (nSPS) is 18.9. The van der Waals surface area contributed by atoms with Gasteiger partial charge in [-0.2, -0.15) is 4.31 Å². The molecular formula is C28H28BrNO4S. The van der Waals surface area contributed by atoms with Gasteiger partial charge in [0.25, 0.3) is 0 Å². The summed E-state index contributed by atoms with van der Waals surface area (Å²) in [5.74, 6) is -0.789. The molecule has 5 nitrogen and oxygen atoms in total. The SMILES string of the molecule is Cc1ccc(S(=O)(=O)N2[C@@H](c3cccc(Br)c3)C(C(=O)O)=CC[C@H]2c2ccc(C(C)C)cc2)cc1. The molecule has 7 heteroatoms. The first-order valence-corrected chi connectivity index (χ1v) is 13.7. The van der Waals surface area contributed by atoms with Crippen LogP contribution in [0.5, 0.6) is 0 Å². The van der Waals surface area contributed by atoms with Crippen LogP contribution in [0.2, 0.25) is 0 Å². The number of carboxylic acid groups (broad SMARTS) is 1. The second-order valence-corrected chi connectivity index (χ2v) is 11.9. The second kappa shape index (κ2) is 10.1. The van der Waals surface area contributed by atoms with Crippen LogP contribution < -0.4 is 0 Å². The molecule has 1 aliphatic rings. The zero-order valence-electron chi connectivity index (χ0n) is 19.9. The zero-order valence-corrected chi connectivity index (χ0v) is 22.3. The van der Waals surface area contributed by atoms with Gasteiger partial charge in [0.15, 0.2) is 0 Å². The molecule has 0 spiro atoms. The Balaban J connectivity index is 1.95. The number of aryl methyl sites for hydroxylation is 1. The van der Waals surface area contributed by atoms with Crippen molar-refractivity contribution in [3.05, 3.63) is 111 Å². The van der Waals surface area contributed by atoms with E-state index in [-0.39, 0.29) is 16.9 Å². The number of carbonyl (C=O) groups is 1. The minimum atomic E-state index is -4.07. The molecule has 0 radical (unpaired) electrons. The summed E-state index contributed by atoms with van der Waals surface area (Å²) in [7, 11) is -4.07. The van der Waals surface area contributed by atoms with E-state index in [1.54, 1.807) is 48.5 Å². The first kappa shape index (κ1) is 25.4. The molecule has 0 aromatic heterocycles. The summed E-state index contributed by atoms with van der Waals surface area (Å²) in [6, 6.07) is 20.2. The fourth-order valence-electron chi connectivity index (χ4n) is 4.50. The molecule has 1 heterocycles. The molecule has 3 aromatic carbocycles. The summed E-state index contributed by atoms with van der Waals surface area (Å²) in [4.78, 5) is 12.5. The fourth-order valence-corrected chi connectivity index (χ4v) is 6.70. The number of nitrogens with zero attached hydrogens (tertiary/aromatic N) is 1. The largest absolute Gasteiger partial charge is 0.478 e. The number of sulfonamides is 1. The minimum Gasteiger partial charge on any atom is -0.478 e. The molecule has 182 valence electrons. The van der Waals surface area contributed by atoms with Gasteiger partial charge in [0.2, 0.25) is 10.0 Å². The van der Waals surface area contributed by atoms with Crippen LogP contribution in [0.3, 0.4) is 0 Å². The highest BCUT2D eigenvalue weighted by molar-refractivity contribution is 9.10. The van der Waals surface area contributed by atoms with Crippen molar-refractivity contribution in [2.45, 2.75) is 50.1 Å². The van der Waals surface area contributed by atoms with Crippen LogP contribution in [0, 0.1) is 6.92 Å². The monoisotopic (exact) mass is 553 g/mol. The topological polar surface area (TPSA) is 74.7 Å². The Hall–Kier alpha value is -2.74. The Morgan fingerprint density at radius 2 is 1.66 bits per heavy atom. The smallest absolute Gasteiger partial charge is 0.333 e. The van der Waals surface area contributed by atoms with Crippen LogP contribution >= 0.6 is 15.9 Å². The van der Waals surface area contributed by atoms with E-state index >= 15 is 0 Å². The Bertz CT molecular complexity index is 1360. The van der Waals surface area contributed by atoms with Crippen LogP contribution in [-0.4, -0.2) is 23.8 Å². The van der Waals surface area contributed by atoms with E-state index in [4.69, 9.17) is 0 Å². The Kier molecular flexibility index (Phi) is 7.31. The van der Waals surface area contributed by atoms with Gasteiger partial charge in [0.05, 0.1) is 22.6 Å². The van der Waals surface area contributed by atoms with Crippen LogP contribution in [0.4, 0.5) is 0 Å². The van der Waals surface area contributed by atoms with Gasteiger partial charge < -0.3 is 5.11 Å². The molecule has 0 bridgehead atoms. The molecule has 0 amide bonds. The van der Waals surface area contributed by atoms with Gasteiger partial charge in [-0.05, 0) is 60.2 Å². The number of rotatable bonds is 6. The van der Waals surface area contributed by atoms with Crippen molar-refractivity contribution in [1.29, 1.82) is 0 Å². The zero-order chi connectivity index (χ0) is 25.3. The van der Waals surface area contributed by atoms with Crippen LogP contribution in [0.1, 0.15) is 60.5 Å². The molecule has 35 heavy (non-hydrogen) atoms. The van der Waals surface area contributed by atoms with Crippen LogP contribution in [0.25, 0.3) is 0 Å². The van der Waals surface area contributed by atoms with E-state index in [1.165, 1.54) is 4.31 Å². The third-order valence-corrected chi connectivity index (χ3v) is 8.79. The van der Waals surface area contributed by atoms with Crippen molar-refractivity contribution in [2.75, 3.05) is 0 Å². The Morgan fingerprint density at radius 1 is 1.00 bits per heavy atom. The lowest BCUT2D eigenvalue weighted by Crippen LogP contribution is -2.42. The quantitative estimate of drug-likeness (QED) is 0.365. The van der Waals surface area contributed by atoms with Gasteiger partial charge in [-0.25, -0.2) is 13.2 Å². The molecular weight excluding hydrogens is 526 g/mol. The molecule has 1 N–H and O–H groups in total. The van der Waals surface area contributed by atoms with E-state index in [0.29, 0.717) is 11.5 Å². The molecule has 3 aromatic rings. The third-order valence-electron chi connectivity index (χ3n) is 6.41. The summed E-state index contributed by atoms with van der Waals surface area (Å²) < 4.78 is 30.5. The predicted molar refractivity (Wildman–Crippen MR) is 141 cm³/mol. The summed E-state index contributed by atoms with van der Waals surface area (Å²) in [6.07, 6.45) is 1.92. The number of hydrogen-bond donors (Lipinski definition) is 1. The minimum absolute atomic E-state index is 0.0498. The molecule has 0 saturated carbocycles. The first-order chi connectivity index (χ1) is 16.6. The maximum absolute atomic E-state index is 14.2. The van der Waals surface area contributed by atoms with Gasteiger partial charge in [-0.3, -0.25) is 0 Å². The number of halogens is 1. The molecule has 1 aliphatic heterocycles. The number of benzene rings is 3. The Labute approximate surface area is 215 Å².